The van der Waals surface area contributed by atoms with Crippen LogP contribution in [-0.4, -0.2) is 53.4 Å². The first-order chi connectivity index (χ1) is 18.2. The lowest BCUT2D eigenvalue weighted by Gasteiger charge is -2.38. The van der Waals surface area contributed by atoms with Crippen LogP contribution >= 0.6 is 11.8 Å². The molecule has 1 N–H and O–H groups in total. The third kappa shape index (κ3) is 4.76. The number of nitrogens with zero attached hydrogens (tertiary/aromatic N) is 3. The fourth-order valence-corrected chi connectivity index (χ4v) is 5.78. The van der Waals surface area contributed by atoms with E-state index in [2.05, 4.69) is 19.2 Å². The molecule has 38 heavy (non-hydrogen) atoms. The fourth-order valence-electron chi connectivity index (χ4n) is 5.06. The predicted octanol–water partition coefficient (Wildman–Crippen LogP) is 4.94. The Labute approximate surface area is 225 Å². The van der Waals surface area contributed by atoms with Gasteiger partial charge in [0.2, 0.25) is 11.1 Å². The molecule has 0 unspecified atom stereocenters. The molecule has 0 bridgehead atoms. The Morgan fingerprint density at radius 3 is 2.53 bits per heavy atom. The molecule has 1 aliphatic heterocycles. The second-order valence-electron chi connectivity index (χ2n) is 10.0. The van der Waals surface area contributed by atoms with E-state index in [4.69, 9.17) is 24.3 Å². The highest BCUT2D eigenvalue weighted by Gasteiger charge is 2.43. The average Bonchev–Trinajstić information content (AvgIpc) is 3.31. The highest BCUT2D eigenvalue weighted by molar-refractivity contribution is 7.99. The zero-order valence-electron chi connectivity index (χ0n) is 22.0. The van der Waals surface area contributed by atoms with Gasteiger partial charge in [-0.1, -0.05) is 37.7 Å². The van der Waals surface area contributed by atoms with E-state index in [1.54, 1.807) is 50.3 Å². The maximum atomic E-state index is 13.5. The van der Waals surface area contributed by atoms with Crippen LogP contribution in [0, 0.1) is 5.41 Å². The first-order valence-electron chi connectivity index (χ1n) is 12.3. The normalized spacial score (nSPS) is 17.8. The molecule has 198 valence electrons. The van der Waals surface area contributed by atoms with Gasteiger partial charge in [0, 0.05) is 28.8 Å². The molecule has 1 aromatic heterocycles. The van der Waals surface area contributed by atoms with E-state index < -0.39 is 6.04 Å². The lowest BCUT2D eigenvalue weighted by molar-refractivity contribution is -0.118. The second-order valence-corrected chi connectivity index (χ2v) is 11.0. The number of allylic oxidation sites excluding steroid dienone is 2. The van der Waals surface area contributed by atoms with Crippen molar-refractivity contribution in [1.82, 2.24) is 14.8 Å². The third-order valence-corrected chi connectivity index (χ3v) is 7.62. The lowest BCUT2D eigenvalue weighted by Crippen LogP contribution is -2.36. The van der Waals surface area contributed by atoms with Gasteiger partial charge in [-0.15, -0.1) is 5.10 Å². The van der Waals surface area contributed by atoms with Gasteiger partial charge in [0.15, 0.2) is 23.1 Å². The van der Waals surface area contributed by atoms with E-state index in [-0.39, 0.29) is 22.7 Å². The van der Waals surface area contributed by atoms with Gasteiger partial charge in [0.1, 0.15) is 11.8 Å². The maximum absolute atomic E-state index is 13.5. The summed E-state index contributed by atoms with van der Waals surface area (Å²) in [5, 5.41) is 8.55. The van der Waals surface area contributed by atoms with E-state index in [1.807, 2.05) is 18.2 Å². The Morgan fingerprint density at radius 2 is 1.84 bits per heavy atom. The van der Waals surface area contributed by atoms with Crippen molar-refractivity contribution in [3.05, 3.63) is 64.9 Å². The van der Waals surface area contributed by atoms with Crippen LogP contribution in [-0.2, 0) is 4.79 Å². The number of nitrogens with one attached hydrogen (secondary N) is 1. The Morgan fingerprint density at radius 1 is 1.08 bits per heavy atom. The molecule has 2 aromatic carbocycles. The second kappa shape index (κ2) is 10.2. The number of ketones is 2. The summed E-state index contributed by atoms with van der Waals surface area (Å²) >= 11 is 1.25. The Kier molecular flexibility index (Phi) is 6.92. The number of hydrogen-bond acceptors (Lipinski definition) is 9. The summed E-state index contributed by atoms with van der Waals surface area (Å²) in [6.07, 6.45) is 1.13. The summed E-state index contributed by atoms with van der Waals surface area (Å²) in [5.74, 6) is 2.50. The van der Waals surface area contributed by atoms with Gasteiger partial charge in [-0.2, -0.15) is 4.98 Å². The number of methoxy groups -OCH3 is 3. The molecule has 3 aromatic rings. The molecule has 0 radical (unpaired) electrons. The predicted molar refractivity (Wildman–Crippen MR) is 144 cm³/mol. The van der Waals surface area contributed by atoms with Crippen molar-refractivity contribution in [2.45, 2.75) is 37.9 Å². The van der Waals surface area contributed by atoms with Gasteiger partial charge < -0.3 is 19.5 Å². The number of carbonyl (C=O) groups is 2. The first kappa shape index (κ1) is 25.8. The van der Waals surface area contributed by atoms with Crippen molar-refractivity contribution in [3.8, 4) is 17.2 Å². The molecular weight excluding hydrogens is 504 g/mol. The molecule has 2 aliphatic rings. The van der Waals surface area contributed by atoms with E-state index >= 15 is 0 Å². The van der Waals surface area contributed by atoms with Crippen LogP contribution in [0.4, 0.5) is 5.95 Å². The highest BCUT2D eigenvalue weighted by atomic mass is 32.2. The van der Waals surface area contributed by atoms with Crippen molar-refractivity contribution in [1.29, 1.82) is 0 Å². The minimum atomic E-state index is -0.547. The molecule has 0 amide bonds. The molecule has 1 aliphatic carbocycles. The van der Waals surface area contributed by atoms with Crippen molar-refractivity contribution in [3.63, 3.8) is 0 Å². The summed E-state index contributed by atoms with van der Waals surface area (Å²) in [6.45, 7) is 4.17. The smallest absolute Gasteiger partial charge is 0.227 e. The number of ether oxygens (including phenoxy) is 3. The molecule has 0 saturated carbocycles. The van der Waals surface area contributed by atoms with Crippen molar-refractivity contribution >= 4 is 29.3 Å². The number of Topliss-reactive ketones (excluding diaryl/α,β-unsaturated/α-hetero) is 2. The average molecular weight is 535 g/mol. The van der Waals surface area contributed by atoms with Gasteiger partial charge >= 0.3 is 0 Å². The van der Waals surface area contributed by atoms with E-state index in [0.29, 0.717) is 52.3 Å². The minimum absolute atomic E-state index is 0.0428. The number of thioether (sulfide) groups is 1. The van der Waals surface area contributed by atoms with E-state index in [9.17, 15) is 9.59 Å². The van der Waals surface area contributed by atoms with Gasteiger partial charge in [0.05, 0.1) is 27.1 Å². The SMILES string of the molecule is COc1ccc(C(=O)CSc2nc3n(n2)[C@@H](c2cccc(OC)c2OC)C2=C(CC(C)(C)CC2=O)N3)cc1. The standard InChI is InChI=1S/C28H30N4O5S/c1-28(2)13-19-23(20(33)14-28)24(18-7-6-8-22(36-4)25(18)37-5)32-26(29-19)30-27(31-32)38-15-21(34)16-9-11-17(35-3)12-10-16/h6-12,24H,13-15H2,1-5H3,(H,29,30,31)/t24-/m0/s1. The van der Waals surface area contributed by atoms with Gasteiger partial charge in [0.25, 0.3) is 0 Å². The van der Waals surface area contributed by atoms with Crippen LogP contribution in [0.2, 0.25) is 0 Å². The summed E-state index contributed by atoms with van der Waals surface area (Å²) in [4.78, 5) is 31.0. The number of rotatable bonds is 8. The highest BCUT2D eigenvalue weighted by Crippen LogP contribution is 2.48. The number of hydrogen-bond donors (Lipinski definition) is 1. The number of para-hydroxylation sites is 1. The number of anilines is 1. The number of carbonyl (C=O) groups excluding carboxylic acids is 2. The van der Waals surface area contributed by atoms with Crippen molar-refractivity contribution < 1.29 is 23.8 Å². The molecule has 1 atom stereocenters. The van der Waals surface area contributed by atoms with Crippen LogP contribution in [0.25, 0.3) is 0 Å². The summed E-state index contributed by atoms with van der Waals surface area (Å²) in [6, 6.07) is 12.1. The van der Waals surface area contributed by atoms with Gasteiger partial charge in [-0.3, -0.25) is 9.59 Å². The molecular formula is C28H30N4O5S. The third-order valence-electron chi connectivity index (χ3n) is 6.78. The molecule has 0 fully saturated rings. The number of aromatic nitrogens is 3. The molecule has 0 saturated heterocycles. The van der Waals surface area contributed by atoms with Crippen molar-refractivity contribution in [2.24, 2.45) is 5.41 Å². The number of fused-ring (bicyclic) bond motifs is 1. The largest absolute Gasteiger partial charge is 0.497 e. The van der Waals surface area contributed by atoms with Crippen LogP contribution in [0.15, 0.2) is 58.9 Å². The molecule has 9 nitrogen and oxygen atoms in total. The Hall–Kier alpha value is -3.79. The molecule has 0 spiro atoms. The summed E-state index contributed by atoms with van der Waals surface area (Å²) in [5.41, 5.74) is 2.65. The van der Waals surface area contributed by atoms with E-state index in [1.165, 1.54) is 11.8 Å². The zero-order valence-corrected chi connectivity index (χ0v) is 22.8. The van der Waals surface area contributed by atoms with Gasteiger partial charge in [-0.05, 0) is 42.2 Å². The minimum Gasteiger partial charge on any atom is -0.497 e. The van der Waals surface area contributed by atoms with Crippen LogP contribution in [0.1, 0.15) is 48.7 Å². The fraction of sp³-hybridized carbons (Fsp3) is 0.357. The Balaban J connectivity index is 1.51. The molecule has 2 heterocycles. The van der Waals surface area contributed by atoms with Crippen LogP contribution < -0.4 is 19.5 Å². The van der Waals surface area contributed by atoms with Gasteiger partial charge in [-0.25, -0.2) is 4.68 Å². The quantitative estimate of drug-likeness (QED) is 0.318. The van der Waals surface area contributed by atoms with Crippen molar-refractivity contribution in [2.75, 3.05) is 32.4 Å². The van der Waals surface area contributed by atoms with Crippen LogP contribution in [0.5, 0.6) is 17.2 Å². The first-order valence-corrected chi connectivity index (χ1v) is 13.2. The summed E-state index contributed by atoms with van der Waals surface area (Å²) < 4.78 is 18.2. The molecule has 10 heteroatoms. The zero-order chi connectivity index (χ0) is 27.0. The van der Waals surface area contributed by atoms with Crippen LogP contribution in [0.3, 0.4) is 0 Å². The topological polar surface area (TPSA) is 105 Å². The maximum Gasteiger partial charge on any atom is 0.227 e. The van der Waals surface area contributed by atoms with E-state index in [0.717, 1.165) is 11.3 Å². The lowest BCUT2D eigenvalue weighted by atomic mass is 9.73. The number of benzene rings is 2. The molecule has 5 rings (SSSR count). The monoisotopic (exact) mass is 534 g/mol. The summed E-state index contributed by atoms with van der Waals surface area (Å²) in [7, 11) is 4.75. The Bertz CT molecular complexity index is 1430.